The molecule has 0 N–H and O–H groups in total. The molecule has 2 aliphatic rings. The molecule has 1 fully saturated rings. The van der Waals surface area contributed by atoms with Crippen molar-refractivity contribution in [3.63, 3.8) is 0 Å². The number of nitro groups is 2. The van der Waals surface area contributed by atoms with E-state index in [0.29, 0.717) is 26.7 Å². The van der Waals surface area contributed by atoms with Gasteiger partial charge in [-0.3, -0.25) is 25.0 Å². The Kier molecular flexibility index (Phi) is 8.44. The van der Waals surface area contributed by atoms with Crippen LogP contribution in [0.3, 0.4) is 0 Å². The molecule has 0 radical (unpaired) electrons. The largest absolute Gasteiger partial charge is 0.509 e. The summed E-state index contributed by atoms with van der Waals surface area (Å²) < 4.78 is 17.5. The van der Waals surface area contributed by atoms with Gasteiger partial charge in [0.15, 0.2) is 5.65 Å². The Balaban J connectivity index is 1.17. The summed E-state index contributed by atoms with van der Waals surface area (Å²) in [6, 6.07) is 13.7. The van der Waals surface area contributed by atoms with Crippen molar-refractivity contribution in [2.45, 2.75) is 50.2 Å². The van der Waals surface area contributed by atoms with Crippen molar-refractivity contribution < 1.29 is 38.4 Å². The van der Waals surface area contributed by atoms with Gasteiger partial charge in [0.2, 0.25) is 5.91 Å². The van der Waals surface area contributed by atoms with Gasteiger partial charge >= 0.3 is 12.1 Å². The fourth-order valence-corrected chi connectivity index (χ4v) is 6.46. The molecule has 0 unspecified atom stereocenters. The van der Waals surface area contributed by atoms with Gasteiger partial charge in [-0.05, 0) is 71.8 Å². The predicted octanol–water partition coefficient (Wildman–Crippen LogP) is 3.75. The van der Waals surface area contributed by atoms with E-state index in [0.717, 1.165) is 11.8 Å². The Morgan fingerprint density at radius 3 is 2.15 bits per heavy atom. The summed E-state index contributed by atoms with van der Waals surface area (Å²) >= 11 is 1.13. The van der Waals surface area contributed by atoms with E-state index in [9.17, 15) is 34.6 Å². The number of ether oxygens (including phenoxy) is 3. The summed E-state index contributed by atoms with van der Waals surface area (Å²) in [6.45, 7) is 2.70. The van der Waals surface area contributed by atoms with Gasteiger partial charge in [0.05, 0.1) is 21.8 Å². The number of β-lactam (4-membered cyclic amide) rings is 1. The summed E-state index contributed by atoms with van der Waals surface area (Å²) in [5.74, 6) is -2.13. The number of tetrazole rings is 1. The van der Waals surface area contributed by atoms with Gasteiger partial charge in [0.1, 0.15) is 29.5 Å². The number of esters is 1. The number of rotatable bonds is 11. The summed E-state index contributed by atoms with van der Waals surface area (Å²) in [7, 11) is 0. The quantitative estimate of drug-likeness (QED) is 0.0954. The minimum atomic E-state index is -1.36. The fourth-order valence-electron chi connectivity index (χ4n) is 5.42. The van der Waals surface area contributed by atoms with Crippen LogP contribution in [-0.2, 0) is 37.0 Å². The molecular weight excluding hydrogens is 652 g/mol. The third-order valence-electron chi connectivity index (χ3n) is 7.70. The number of carbonyl (C=O) groups excluding carboxylic acids is 3. The Morgan fingerprint density at radius 1 is 0.938 bits per heavy atom. The number of amides is 1. The number of nitrogens with zero attached hydrogens (tertiary/aromatic N) is 8. The van der Waals surface area contributed by atoms with Gasteiger partial charge in [0, 0.05) is 35.6 Å². The summed E-state index contributed by atoms with van der Waals surface area (Å²) in [5, 5.41) is 37.8. The van der Waals surface area contributed by atoms with Gasteiger partial charge in [0.25, 0.3) is 11.4 Å². The maximum atomic E-state index is 13.6. The molecule has 0 spiro atoms. The molecule has 19 heteroatoms. The van der Waals surface area contributed by atoms with Crippen LogP contribution in [0.4, 0.5) is 16.2 Å². The number of benzene rings is 2. The number of hydrogen-bond donors (Lipinski definition) is 0. The first kappa shape index (κ1) is 32.0. The first-order valence-corrected chi connectivity index (χ1v) is 15.0. The van der Waals surface area contributed by atoms with Crippen LogP contribution in [0, 0.1) is 26.1 Å². The van der Waals surface area contributed by atoms with E-state index >= 15 is 0 Å². The molecule has 2 aromatic heterocycles. The van der Waals surface area contributed by atoms with E-state index in [2.05, 4.69) is 20.6 Å². The maximum Gasteiger partial charge on any atom is 0.509 e. The number of fused-ring (bicyclic) bond motifs is 2. The molecule has 2 aromatic carbocycles. The van der Waals surface area contributed by atoms with Gasteiger partial charge in [-0.1, -0.05) is 11.8 Å². The highest BCUT2D eigenvalue weighted by Gasteiger charge is 2.62. The molecular formula is C29H24N8O10S. The van der Waals surface area contributed by atoms with E-state index in [1.54, 1.807) is 26.0 Å². The van der Waals surface area contributed by atoms with Gasteiger partial charge in [-0.15, -0.1) is 14.8 Å². The molecule has 18 nitrogen and oxygen atoms in total. The standard InChI is InChI=1S/C29H24N8O10S/c1-29(2,47-28(40)46-15-17-5-9-19(10-6-17)37(43)44)24-20-13-21(48-23-12-11-22-30-32-33-35(22)31-23)25(34(20)26(24)38)27(39)45-14-16-3-7-18(8-4-16)36(41)42/h3-12,20,24H,13-15H2,1-2H3/t20-,24+/m1/s1. The van der Waals surface area contributed by atoms with E-state index < -0.39 is 45.4 Å². The molecule has 2 atom stereocenters. The Labute approximate surface area is 273 Å². The molecule has 4 aromatic rings. The zero-order valence-electron chi connectivity index (χ0n) is 25.1. The van der Waals surface area contributed by atoms with Crippen LogP contribution in [0.25, 0.3) is 5.65 Å². The highest BCUT2D eigenvalue weighted by molar-refractivity contribution is 8.03. The second-order valence-corrected chi connectivity index (χ2v) is 12.3. The van der Waals surface area contributed by atoms with Crippen molar-refractivity contribution >= 4 is 46.8 Å². The molecule has 1 saturated heterocycles. The van der Waals surface area contributed by atoms with E-state index in [1.807, 2.05) is 0 Å². The van der Waals surface area contributed by atoms with Crippen molar-refractivity contribution in [3.05, 3.63) is 103 Å². The molecule has 1 amide bonds. The highest BCUT2D eigenvalue weighted by Crippen LogP contribution is 2.51. The number of carbonyl (C=O) groups is 3. The normalized spacial score (nSPS) is 17.1. The third kappa shape index (κ3) is 6.34. The first-order chi connectivity index (χ1) is 22.9. The van der Waals surface area contributed by atoms with Gasteiger partial charge in [-0.2, -0.15) is 0 Å². The molecule has 4 heterocycles. The zero-order valence-corrected chi connectivity index (χ0v) is 25.9. The van der Waals surface area contributed by atoms with Crippen LogP contribution in [0.2, 0.25) is 0 Å². The number of nitro benzene ring substituents is 2. The minimum absolute atomic E-state index is 0.00308. The topological polar surface area (TPSA) is 224 Å². The van der Waals surface area contributed by atoms with Crippen molar-refractivity contribution in [2.24, 2.45) is 5.92 Å². The van der Waals surface area contributed by atoms with Crippen LogP contribution < -0.4 is 0 Å². The highest BCUT2D eigenvalue weighted by atomic mass is 32.2. The average Bonchev–Trinajstić information content (AvgIpc) is 3.64. The Hall–Kier alpha value is -5.98. The van der Waals surface area contributed by atoms with Crippen molar-refractivity contribution in [3.8, 4) is 0 Å². The van der Waals surface area contributed by atoms with Crippen molar-refractivity contribution in [2.75, 3.05) is 0 Å². The lowest BCUT2D eigenvalue weighted by Gasteiger charge is -2.49. The van der Waals surface area contributed by atoms with Gasteiger partial charge in [-0.25, -0.2) is 9.59 Å². The monoisotopic (exact) mass is 676 g/mol. The second-order valence-electron chi connectivity index (χ2n) is 11.2. The third-order valence-corrected chi connectivity index (χ3v) is 8.74. The molecule has 2 aliphatic heterocycles. The summed E-state index contributed by atoms with van der Waals surface area (Å²) in [6.07, 6.45) is -0.838. The van der Waals surface area contributed by atoms with Crippen LogP contribution in [0.1, 0.15) is 31.4 Å². The molecule has 246 valence electrons. The summed E-state index contributed by atoms with van der Waals surface area (Å²) in [5.41, 5.74) is -0.187. The van der Waals surface area contributed by atoms with Crippen LogP contribution >= 0.6 is 11.8 Å². The predicted molar refractivity (Wildman–Crippen MR) is 162 cm³/mol. The van der Waals surface area contributed by atoms with Gasteiger partial charge < -0.3 is 19.1 Å². The van der Waals surface area contributed by atoms with Crippen molar-refractivity contribution in [1.29, 1.82) is 0 Å². The van der Waals surface area contributed by atoms with E-state index in [4.69, 9.17) is 14.2 Å². The zero-order chi connectivity index (χ0) is 34.2. The first-order valence-electron chi connectivity index (χ1n) is 14.2. The second kappa shape index (κ2) is 12.7. The van der Waals surface area contributed by atoms with E-state index in [1.165, 1.54) is 58.1 Å². The van der Waals surface area contributed by atoms with Crippen LogP contribution in [-0.4, -0.2) is 69.7 Å². The smallest absolute Gasteiger partial charge is 0.456 e. The lowest BCUT2D eigenvalue weighted by atomic mass is 9.76. The molecule has 0 aliphatic carbocycles. The summed E-state index contributed by atoms with van der Waals surface area (Å²) in [4.78, 5) is 62.4. The van der Waals surface area contributed by atoms with Crippen molar-refractivity contribution in [1.82, 2.24) is 30.2 Å². The Bertz CT molecular complexity index is 1980. The SMILES string of the molecule is CC(C)(OC(=O)OCc1ccc([N+](=O)[O-])cc1)[C@@H]1C(=O)N2C(C(=O)OCc3ccc([N+](=O)[O-])cc3)=C(Sc3ccc4nnnn4n3)C[C@H]12. The lowest BCUT2D eigenvalue weighted by molar-refractivity contribution is -0.385. The number of hydrogen-bond acceptors (Lipinski definition) is 15. The number of thioether (sulfide) groups is 1. The maximum absolute atomic E-state index is 13.6. The lowest BCUT2D eigenvalue weighted by Crippen LogP contribution is -2.66. The molecule has 0 bridgehead atoms. The van der Waals surface area contributed by atoms with Crippen LogP contribution in [0.15, 0.2) is 76.3 Å². The number of aromatic nitrogens is 5. The molecule has 0 saturated carbocycles. The fraction of sp³-hybridized carbons (Fsp3) is 0.276. The Morgan fingerprint density at radius 2 is 1.54 bits per heavy atom. The molecule has 48 heavy (non-hydrogen) atoms. The molecule has 6 rings (SSSR count). The number of non-ortho nitro benzene ring substituents is 2. The average molecular weight is 677 g/mol. The van der Waals surface area contributed by atoms with E-state index in [-0.39, 0.29) is 36.7 Å². The minimum Gasteiger partial charge on any atom is -0.456 e. The van der Waals surface area contributed by atoms with Crippen LogP contribution in [0.5, 0.6) is 0 Å².